The number of hydrogen-bond donors (Lipinski definition) is 1. The molecule has 2 aromatic rings. The van der Waals surface area contributed by atoms with Gasteiger partial charge in [0.2, 0.25) is 11.7 Å². The zero-order chi connectivity index (χ0) is 18.0. The van der Waals surface area contributed by atoms with Crippen LogP contribution < -0.4 is 5.32 Å². The number of aromatic nitrogens is 2. The van der Waals surface area contributed by atoms with E-state index in [0.717, 1.165) is 29.3 Å². The summed E-state index contributed by atoms with van der Waals surface area (Å²) in [4.78, 5) is 19.0. The zero-order valence-corrected chi connectivity index (χ0v) is 16.3. The summed E-state index contributed by atoms with van der Waals surface area (Å²) in [7, 11) is 0. The molecule has 1 aromatic heterocycles. The van der Waals surface area contributed by atoms with Crippen molar-refractivity contribution < 1.29 is 9.32 Å². The van der Waals surface area contributed by atoms with Crippen LogP contribution in [-0.2, 0) is 0 Å². The highest BCUT2D eigenvalue weighted by atomic mass is 79.9. The number of halogens is 1. The highest BCUT2D eigenvalue weighted by Crippen LogP contribution is 2.31. The number of rotatable bonds is 2. The molecule has 1 aliphatic heterocycles. The lowest BCUT2D eigenvalue weighted by Gasteiger charge is -2.35. The summed E-state index contributed by atoms with van der Waals surface area (Å²) < 4.78 is 6.50. The van der Waals surface area contributed by atoms with E-state index in [1.54, 1.807) is 0 Å². The predicted octanol–water partition coefficient (Wildman–Crippen LogP) is 4.53. The third-order valence-corrected chi connectivity index (χ3v) is 4.60. The number of nitrogens with zero attached hydrogens (tertiary/aromatic N) is 3. The molecule has 3 rings (SSSR count). The van der Waals surface area contributed by atoms with Crippen molar-refractivity contribution in [3.63, 3.8) is 0 Å². The first-order valence-corrected chi connectivity index (χ1v) is 9.31. The fourth-order valence-corrected chi connectivity index (χ4v) is 3.18. The summed E-state index contributed by atoms with van der Waals surface area (Å²) >= 11 is 3.42. The minimum Gasteiger partial charge on any atom is -0.337 e. The van der Waals surface area contributed by atoms with E-state index in [2.05, 4.69) is 31.4 Å². The summed E-state index contributed by atoms with van der Waals surface area (Å²) in [6.07, 6.45) is 2.86. The van der Waals surface area contributed by atoms with Crippen LogP contribution in [0, 0.1) is 0 Å². The summed E-state index contributed by atoms with van der Waals surface area (Å²) in [5.41, 5.74) is 0.607. The fourth-order valence-electron chi connectivity index (χ4n) is 2.91. The molecule has 134 valence electrons. The standard InChI is InChI=1S/C18H23BrN4O2/c1-18(2,3)21-17(24)23-11-5-4-6-14(23)16-20-15(22-25-16)12-7-9-13(19)10-8-12/h7-10,14H,4-6,11H2,1-3H3,(H,21,24). The van der Waals surface area contributed by atoms with E-state index in [1.165, 1.54) is 0 Å². The van der Waals surface area contributed by atoms with Crippen LogP contribution in [-0.4, -0.2) is 33.2 Å². The van der Waals surface area contributed by atoms with Gasteiger partial charge in [0.15, 0.2) is 0 Å². The molecule has 6 nitrogen and oxygen atoms in total. The van der Waals surface area contributed by atoms with E-state index in [1.807, 2.05) is 49.9 Å². The van der Waals surface area contributed by atoms with Crippen LogP contribution in [0.15, 0.2) is 33.3 Å². The van der Waals surface area contributed by atoms with Crippen LogP contribution >= 0.6 is 15.9 Å². The number of hydrogen-bond acceptors (Lipinski definition) is 4. The van der Waals surface area contributed by atoms with Crippen LogP contribution in [0.3, 0.4) is 0 Å². The van der Waals surface area contributed by atoms with Crippen molar-refractivity contribution in [1.82, 2.24) is 20.4 Å². The average molecular weight is 407 g/mol. The van der Waals surface area contributed by atoms with Crippen molar-refractivity contribution >= 4 is 22.0 Å². The van der Waals surface area contributed by atoms with Crippen LogP contribution in [0.25, 0.3) is 11.4 Å². The second kappa shape index (κ2) is 7.15. The van der Waals surface area contributed by atoms with E-state index in [-0.39, 0.29) is 17.6 Å². The van der Waals surface area contributed by atoms with E-state index in [4.69, 9.17) is 4.52 Å². The van der Waals surface area contributed by atoms with Gasteiger partial charge in [-0.3, -0.25) is 0 Å². The number of urea groups is 1. The molecule has 0 aliphatic carbocycles. The van der Waals surface area contributed by atoms with Crippen molar-refractivity contribution in [2.75, 3.05) is 6.54 Å². The third-order valence-electron chi connectivity index (χ3n) is 4.07. The normalized spacial score (nSPS) is 18.2. The molecule has 7 heteroatoms. The van der Waals surface area contributed by atoms with Crippen molar-refractivity contribution in [1.29, 1.82) is 0 Å². The largest absolute Gasteiger partial charge is 0.337 e. The van der Waals surface area contributed by atoms with Gasteiger partial charge < -0.3 is 14.7 Å². The summed E-state index contributed by atoms with van der Waals surface area (Å²) in [5, 5.41) is 7.13. The van der Waals surface area contributed by atoms with Crippen molar-refractivity contribution in [3.8, 4) is 11.4 Å². The van der Waals surface area contributed by atoms with Gasteiger partial charge in [-0.15, -0.1) is 0 Å². The van der Waals surface area contributed by atoms with E-state index in [0.29, 0.717) is 18.3 Å². The van der Waals surface area contributed by atoms with Crippen LogP contribution in [0.1, 0.15) is 52.0 Å². The molecule has 1 N–H and O–H groups in total. The quantitative estimate of drug-likeness (QED) is 0.794. The summed E-state index contributed by atoms with van der Waals surface area (Å²) in [5.74, 6) is 1.05. The molecule has 0 saturated carbocycles. The average Bonchev–Trinajstić information content (AvgIpc) is 3.04. The maximum absolute atomic E-state index is 12.6. The van der Waals surface area contributed by atoms with E-state index < -0.39 is 0 Å². The fraction of sp³-hybridized carbons (Fsp3) is 0.500. The molecule has 25 heavy (non-hydrogen) atoms. The van der Waals surface area contributed by atoms with Gasteiger partial charge in [0.1, 0.15) is 6.04 Å². The number of benzene rings is 1. The molecule has 1 saturated heterocycles. The van der Waals surface area contributed by atoms with Crippen molar-refractivity contribution in [2.24, 2.45) is 0 Å². The Morgan fingerprint density at radius 1 is 1.28 bits per heavy atom. The second-order valence-corrected chi connectivity index (χ2v) is 8.26. The van der Waals surface area contributed by atoms with Gasteiger partial charge in [-0.2, -0.15) is 4.98 Å². The lowest BCUT2D eigenvalue weighted by atomic mass is 10.0. The molecule has 1 atom stereocenters. The van der Waals surface area contributed by atoms with Gasteiger partial charge in [-0.05, 0) is 64.3 Å². The van der Waals surface area contributed by atoms with Gasteiger partial charge >= 0.3 is 6.03 Å². The Labute approximate surface area is 156 Å². The van der Waals surface area contributed by atoms with Gasteiger partial charge in [0.25, 0.3) is 0 Å². The second-order valence-electron chi connectivity index (χ2n) is 7.35. The molecule has 1 unspecified atom stereocenters. The lowest BCUT2D eigenvalue weighted by molar-refractivity contribution is 0.126. The van der Waals surface area contributed by atoms with E-state index >= 15 is 0 Å². The topological polar surface area (TPSA) is 71.3 Å². The molecule has 1 aromatic carbocycles. The number of carbonyl (C=O) groups is 1. The maximum Gasteiger partial charge on any atom is 0.318 e. The van der Waals surface area contributed by atoms with Crippen LogP contribution in [0.2, 0.25) is 0 Å². The highest BCUT2D eigenvalue weighted by Gasteiger charge is 2.33. The van der Waals surface area contributed by atoms with Gasteiger partial charge in [0, 0.05) is 22.1 Å². The lowest BCUT2D eigenvalue weighted by Crippen LogP contribution is -2.50. The molecule has 1 aliphatic rings. The van der Waals surface area contributed by atoms with Crippen LogP contribution in [0.5, 0.6) is 0 Å². The summed E-state index contributed by atoms with van der Waals surface area (Å²) in [6.45, 7) is 6.62. The molecular weight excluding hydrogens is 384 g/mol. The van der Waals surface area contributed by atoms with E-state index in [9.17, 15) is 4.79 Å². The Balaban J connectivity index is 1.81. The number of piperidine rings is 1. The van der Waals surface area contributed by atoms with Crippen molar-refractivity contribution in [3.05, 3.63) is 34.6 Å². The maximum atomic E-state index is 12.6. The van der Waals surface area contributed by atoms with Crippen molar-refractivity contribution in [2.45, 2.75) is 51.6 Å². The minimum atomic E-state index is -0.281. The Bertz CT molecular complexity index is 736. The van der Waals surface area contributed by atoms with Crippen LogP contribution in [0.4, 0.5) is 4.79 Å². The highest BCUT2D eigenvalue weighted by molar-refractivity contribution is 9.10. The number of amides is 2. The molecule has 1 fully saturated rings. The Hall–Kier alpha value is -1.89. The monoisotopic (exact) mass is 406 g/mol. The number of nitrogens with one attached hydrogen (secondary N) is 1. The molecule has 2 amide bonds. The first-order chi connectivity index (χ1) is 11.8. The number of carbonyl (C=O) groups excluding carboxylic acids is 1. The van der Waals surface area contributed by atoms with Gasteiger partial charge in [0.05, 0.1) is 0 Å². The van der Waals surface area contributed by atoms with Gasteiger partial charge in [-0.1, -0.05) is 21.1 Å². The Kier molecular flexibility index (Phi) is 5.13. The first-order valence-electron chi connectivity index (χ1n) is 8.52. The smallest absolute Gasteiger partial charge is 0.318 e. The first kappa shape index (κ1) is 17.9. The Morgan fingerprint density at radius 2 is 2.00 bits per heavy atom. The summed E-state index contributed by atoms with van der Waals surface area (Å²) in [6, 6.07) is 7.49. The third kappa shape index (κ3) is 4.39. The Morgan fingerprint density at radius 3 is 2.68 bits per heavy atom. The molecule has 0 spiro atoms. The molecule has 0 bridgehead atoms. The predicted molar refractivity (Wildman–Crippen MR) is 99.0 cm³/mol. The molecular formula is C18H23BrN4O2. The van der Waals surface area contributed by atoms with Gasteiger partial charge in [-0.25, -0.2) is 4.79 Å². The molecule has 2 heterocycles. The molecule has 0 radical (unpaired) electrons. The minimum absolute atomic E-state index is 0.0828. The number of likely N-dealkylation sites (tertiary alicyclic amines) is 1. The SMILES string of the molecule is CC(C)(C)NC(=O)N1CCCCC1c1nc(-c2ccc(Br)cc2)no1. The zero-order valence-electron chi connectivity index (χ0n) is 14.8.